The van der Waals surface area contributed by atoms with Gasteiger partial charge >= 0.3 is 5.97 Å². The van der Waals surface area contributed by atoms with Gasteiger partial charge in [-0.05, 0) is 25.2 Å². The number of likely N-dealkylation sites (tertiary alicyclic amines) is 1. The molecule has 2 fully saturated rings. The molecule has 2 atom stereocenters. The van der Waals surface area contributed by atoms with Crippen molar-refractivity contribution in [1.29, 1.82) is 0 Å². The summed E-state index contributed by atoms with van der Waals surface area (Å²) in [5, 5.41) is 11.7. The van der Waals surface area contributed by atoms with Gasteiger partial charge in [0.25, 0.3) is 0 Å². The number of aliphatic carboxylic acids is 1. The lowest BCUT2D eigenvalue weighted by Gasteiger charge is -2.30. The van der Waals surface area contributed by atoms with Gasteiger partial charge in [0.05, 0.1) is 5.92 Å². The molecule has 112 valence electrons. The Morgan fingerprint density at radius 1 is 1.25 bits per heavy atom. The molecule has 2 unspecified atom stereocenters. The maximum Gasteiger partial charge on any atom is 0.306 e. The minimum absolute atomic E-state index is 0.00187. The number of amides is 2. The van der Waals surface area contributed by atoms with Crippen LogP contribution in [0.25, 0.3) is 0 Å². The van der Waals surface area contributed by atoms with Gasteiger partial charge in [-0.3, -0.25) is 14.4 Å². The van der Waals surface area contributed by atoms with E-state index >= 15 is 0 Å². The van der Waals surface area contributed by atoms with E-state index in [4.69, 9.17) is 5.11 Å². The SMILES string of the molecule is CC1CC1C(=O)NCCC(=O)N1CCC(C(=O)O)CC1. The fraction of sp³-hybridized carbons (Fsp3) is 0.786. The molecule has 6 heteroatoms. The van der Waals surface area contributed by atoms with Crippen LogP contribution in [0.5, 0.6) is 0 Å². The molecule has 2 N–H and O–H groups in total. The van der Waals surface area contributed by atoms with E-state index in [1.807, 2.05) is 6.92 Å². The van der Waals surface area contributed by atoms with Crippen molar-refractivity contribution < 1.29 is 19.5 Å². The molecule has 1 aliphatic heterocycles. The highest BCUT2D eigenvalue weighted by molar-refractivity contribution is 5.82. The lowest BCUT2D eigenvalue weighted by atomic mass is 9.97. The molecule has 1 saturated carbocycles. The van der Waals surface area contributed by atoms with Crippen molar-refractivity contribution in [1.82, 2.24) is 10.2 Å². The maximum atomic E-state index is 11.9. The molecule has 2 aliphatic rings. The maximum absolute atomic E-state index is 11.9. The number of rotatable bonds is 5. The number of nitrogens with one attached hydrogen (secondary N) is 1. The summed E-state index contributed by atoms with van der Waals surface area (Å²) >= 11 is 0. The van der Waals surface area contributed by atoms with Crippen molar-refractivity contribution >= 4 is 17.8 Å². The summed E-state index contributed by atoms with van der Waals surface area (Å²) in [7, 11) is 0. The van der Waals surface area contributed by atoms with Gasteiger partial charge in [-0.1, -0.05) is 6.92 Å². The van der Waals surface area contributed by atoms with Gasteiger partial charge in [-0.25, -0.2) is 0 Å². The van der Waals surface area contributed by atoms with E-state index in [2.05, 4.69) is 5.32 Å². The average molecular weight is 282 g/mol. The largest absolute Gasteiger partial charge is 0.481 e. The second kappa shape index (κ2) is 6.24. The Kier molecular flexibility index (Phi) is 4.62. The summed E-state index contributed by atoms with van der Waals surface area (Å²) in [6.07, 6.45) is 2.28. The number of piperidine rings is 1. The first-order valence-electron chi connectivity index (χ1n) is 7.27. The third-order valence-corrected chi connectivity index (χ3v) is 4.28. The van der Waals surface area contributed by atoms with Crippen LogP contribution < -0.4 is 5.32 Å². The van der Waals surface area contributed by atoms with Crippen molar-refractivity contribution in [2.24, 2.45) is 17.8 Å². The highest BCUT2D eigenvalue weighted by Gasteiger charge is 2.38. The Morgan fingerprint density at radius 2 is 1.85 bits per heavy atom. The first kappa shape index (κ1) is 14.8. The Bertz CT molecular complexity index is 402. The number of carbonyl (C=O) groups is 3. The van der Waals surface area contributed by atoms with Gasteiger partial charge in [-0.15, -0.1) is 0 Å². The number of hydrogen-bond acceptors (Lipinski definition) is 3. The zero-order valence-electron chi connectivity index (χ0n) is 11.8. The van der Waals surface area contributed by atoms with Gasteiger partial charge < -0.3 is 15.3 Å². The third kappa shape index (κ3) is 3.71. The standard InChI is InChI=1S/C14H22N2O4/c1-9-8-11(9)13(18)15-5-2-12(17)16-6-3-10(4-7-16)14(19)20/h9-11H,2-8H2,1H3,(H,15,18)(H,19,20). The van der Waals surface area contributed by atoms with Crippen LogP contribution in [-0.2, 0) is 14.4 Å². The summed E-state index contributed by atoms with van der Waals surface area (Å²) in [5.74, 6) is -0.442. The Balaban J connectivity index is 1.63. The van der Waals surface area contributed by atoms with E-state index in [0.29, 0.717) is 44.8 Å². The molecule has 1 aliphatic carbocycles. The van der Waals surface area contributed by atoms with Gasteiger partial charge in [0.15, 0.2) is 0 Å². The zero-order chi connectivity index (χ0) is 14.7. The Labute approximate surface area is 118 Å². The van der Waals surface area contributed by atoms with Crippen LogP contribution in [0.3, 0.4) is 0 Å². The van der Waals surface area contributed by atoms with E-state index in [1.54, 1.807) is 4.90 Å². The normalized spacial score (nSPS) is 26.1. The summed E-state index contributed by atoms with van der Waals surface area (Å²) in [6, 6.07) is 0. The molecule has 1 heterocycles. The minimum atomic E-state index is -0.775. The molecule has 2 amide bonds. The predicted molar refractivity (Wildman–Crippen MR) is 71.8 cm³/mol. The molecule has 0 spiro atoms. The van der Waals surface area contributed by atoms with Crippen LogP contribution >= 0.6 is 0 Å². The van der Waals surface area contributed by atoms with Crippen molar-refractivity contribution in [3.8, 4) is 0 Å². The summed E-state index contributed by atoms with van der Waals surface area (Å²) in [5.41, 5.74) is 0. The van der Waals surface area contributed by atoms with Crippen molar-refractivity contribution in [2.45, 2.75) is 32.6 Å². The topological polar surface area (TPSA) is 86.7 Å². The van der Waals surface area contributed by atoms with Crippen molar-refractivity contribution in [3.05, 3.63) is 0 Å². The molecule has 1 saturated heterocycles. The van der Waals surface area contributed by atoms with Crippen LogP contribution in [0.4, 0.5) is 0 Å². The third-order valence-electron chi connectivity index (χ3n) is 4.28. The van der Waals surface area contributed by atoms with Crippen molar-refractivity contribution in [3.63, 3.8) is 0 Å². The Morgan fingerprint density at radius 3 is 2.35 bits per heavy atom. The summed E-state index contributed by atoms with van der Waals surface area (Å²) in [4.78, 5) is 36.0. The smallest absolute Gasteiger partial charge is 0.306 e. The molecule has 20 heavy (non-hydrogen) atoms. The molecule has 0 bridgehead atoms. The van der Waals surface area contributed by atoms with Crippen LogP contribution in [-0.4, -0.2) is 47.4 Å². The molecule has 0 aromatic heterocycles. The molecule has 6 nitrogen and oxygen atoms in total. The first-order valence-corrected chi connectivity index (χ1v) is 7.27. The second-order valence-electron chi connectivity index (χ2n) is 5.85. The van der Waals surface area contributed by atoms with Gasteiger partial charge in [0.2, 0.25) is 11.8 Å². The fourth-order valence-corrected chi connectivity index (χ4v) is 2.65. The lowest BCUT2D eigenvalue weighted by molar-refractivity contribution is -0.145. The molecular weight excluding hydrogens is 260 g/mol. The average Bonchev–Trinajstić information content (AvgIpc) is 3.16. The van der Waals surface area contributed by atoms with Crippen LogP contribution in [0.2, 0.25) is 0 Å². The summed E-state index contributed by atoms with van der Waals surface area (Å²) in [6.45, 7) is 3.43. The molecule has 0 aromatic rings. The highest BCUT2D eigenvalue weighted by Crippen LogP contribution is 2.37. The number of carbonyl (C=O) groups excluding carboxylic acids is 2. The van der Waals surface area contributed by atoms with Crippen LogP contribution in [0.1, 0.15) is 32.6 Å². The van der Waals surface area contributed by atoms with E-state index in [0.717, 1.165) is 6.42 Å². The molecule has 0 radical (unpaired) electrons. The monoisotopic (exact) mass is 282 g/mol. The number of carboxylic acids is 1. The van der Waals surface area contributed by atoms with Gasteiger partial charge in [0.1, 0.15) is 0 Å². The lowest BCUT2D eigenvalue weighted by Crippen LogP contribution is -2.41. The Hall–Kier alpha value is -1.59. The first-order chi connectivity index (χ1) is 9.49. The number of carboxylic acid groups (broad SMARTS) is 1. The van der Waals surface area contributed by atoms with E-state index in [9.17, 15) is 14.4 Å². The van der Waals surface area contributed by atoms with Crippen LogP contribution in [0, 0.1) is 17.8 Å². The van der Waals surface area contributed by atoms with Gasteiger partial charge in [0, 0.05) is 32.0 Å². The molecule has 2 rings (SSSR count). The summed E-state index contributed by atoms with van der Waals surface area (Å²) < 4.78 is 0. The van der Waals surface area contributed by atoms with E-state index < -0.39 is 5.97 Å². The minimum Gasteiger partial charge on any atom is -0.481 e. The molecule has 0 aromatic carbocycles. The highest BCUT2D eigenvalue weighted by atomic mass is 16.4. The fourth-order valence-electron chi connectivity index (χ4n) is 2.65. The van der Waals surface area contributed by atoms with E-state index in [-0.39, 0.29) is 23.7 Å². The second-order valence-corrected chi connectivity index (χ2v) is 5.85. The number of nitrogens with zero attached hydrogens (tertiary/aromatic N) is 1. The zero-order valence-corrected chi connectivity index (χ0v) is 11.8. The molecular formula is C14H22N2O4. The quantitative estimate of drug-likeness (QED) is 0.767. The predicted octanol–water partition coefficient (Wildman–Crippen LogP) is 0.472. The van der Waals surface area contributed by atoms with E-state index in [1.165, 1.54) is 0 Å². The van der Waals surface area contributed by atoms with Crippen LogP contribution in [0.15, 0.2) is 0 Å². The van der Waals surface area contributed by atoms with Gasteiger partial charge in [-0.2, -0.15) is 0 Å². The number of hydrogen-bond donors (Lipinski definition) is 2. The van der Waals surface area contributed by atoms with Crippen molar-refractivity contribution in [2.75, 3.05) is 19.6 Å².